The van der Waals surface area contributed by atoms with E-state index in [4.69, 9.17) is 12.2 Å². The number of para-hydroxylation sites is 1. The third kappa shape index (κ3) is 5.22. The second-order valence-electron chi connectivity index (χ2n) is 5.93. The molecule has 144 valence electrons. The smallest absolute Gasteiger partial charge is 0.406 e. The van der Waals surface area contributed by atoms with Crippen molar-refractivity contribution in [2.24, 2.45) is 0 Å². The number of rotatable bonds is 3. The van der Waals surface area contributed by atoms with E-state index < -0.39 is 6.36 Å². The van der Waals surface area contributed by atoms with Crippen LogP contribution in [0.4, 0.5) is 28.9 Å². The van der Waals surface area contributed by atoms with Gasteiger partial charge >= 0.3 is 6.36 Å². The van der Waals surface area contributed by atoms with Crippen LogP contribution in [-0.4, -0.2) is 42.6 Å². The summed E-state index contributed by atoms with van der Waals surface area (Å²) in [5.41, 5.74) is 1.13. The molecule has 0 aliphatic carbocycles. The van der Waals surface area contributed by atoms with Crippen molar-refractivity contribution < 1.29 is 22.3 Å². The van der Waals surface area contributed by atoms with Crippen LogP contribution in [0.1, 0.15) is 0 Å². The maximum Gasteiger partial charge on any atom is 0.573 e. The van der Waals surface area contributed by atoms with Crippen LogP contribution in [0.25, 0.3) is 0 Å². The van der Waals surface area contributed by atoms with Gasteiger partial charge in [-0.2, -0.15) is 0 Å². The van der Waals surface area contributed by atoms with Crippen LogP contribution in [0.15, 0.2) is 48.5 Å². The number of thiocarbonyl (C=S) groups is 1. The summed E-state index contributed by atoms with van der Waals surface area (Å²) in [4.78, 5) is 3.89. The second-order valence-corrected chi connectivity index (χ2v) is 6.31. The van der Waals surface area contributed by atoms with Gasteiger partial charge in [-0.3, -0.25) is 0 Å². The lowest BCUT2D eigenvalue weighted by Crippen LogP contribution is -2.50. The molecular formula is C18H17F4N3OS. The van der Waals surface area contributed by atoms with E-state index in [-0.39, 0.29) is 11.6 Å². The van der Waals surface area contributed by atoms with Gasteiger partial charge in [-0.05, 0) is 48.6 Å². The predicted molar refractivity (Wildman–Crippen MR) is 99.5 cm³/mol. The highest BCUT2D eigenvalue weighted by atomic mass is 32.1. The number of anilines is 2. The van der Waals surface area contributed by atoms with Gasteiger partial charge in [0.2, 0.25) is 0 Å². The standard InChI is InChI=1S/C18H17F4N3OS/c19-15-3-1-2-4-16(15)24-9-11-25(12-10-24)17(27)23-13-5-7-14(8-6-13)26-18(20,21)22/h1-8H,9-12H2,(H,23,27). The number of nitrogens with zero attached hydrogens (tertiary/aromatic N) is 2. The summed E-state index contributed by atoms with van der Waals surface area (Å²) in [6.07, 6.45) is -4.72. The fraction of sp³-hybridized carbons (Fsp3) is 0.278. The molecule has 0 unspecified atom stereocenters. The van der Waals surface area contributed by atoms with E-state index in [9.17, 15) is 17.6 Å². The molecule has 0 bridgehead atoms. The minimum absolute atomic E-state index is 0.257. The Morgan fingerprint density at radius 2 is 1.59 bits per heavy atom. The van der Waals surface area contributed by atoms with Crippen molar-refractivity contribution in [1.82, 2.24) is 4.90 Å². The molecule has 0 amide bonds. The van der Waals surface area contributed by atoms with E-state index in [2.05, 4.69) is 10.1 Å². The first-order valence-electron chi connectivity index (χ1n) is 8.23. The SMILES string of the molecule is Fc1ccccc1N1CCN(C(=S)Nc2ccc(OC(F)(F)F)cc2)CC1. The molecule has 1 N–H and O–H groups in total. The van der Waals surface area contributed by atoms with Crippen LogP contribution in [0, 0.1) is 5.82 Å². The molecule has 9 heteroatoms. The van der Waals surface area contributed by atoms with Crippen molar-refractivity contribution in [2.75, 3.05) is 36.4 Å². The first-order valence-corrected chi connectivity index (χ1v) is 8.64. The van der Waals surface area contributed by atoms with Gasteiger partial charge in [0.15, 0.2) is 5.11 Å². The van der Waals surface area contributed by atoms with Gasteiger partial charge in [0.05, 0.1) is 5.69 Å². The van der Waals surface area contributed by atoms with Crippen molar-refractivity contribution in [3.05, 3.63) is 54.3 Å². The summed E-state index contributed by atoms with van der Waals surface area (Å²) in [5, 5.41) is 3.46. The Hall–Kier alpha value is -2.55. The third-order valence-electron chi connectivity index (χ3n) is 4.10. The molecule has 0 spiro atoms. The van der Waals surface area contributed by atoms with Gasteiger partial charge < -0.3 is 19.9 Å². The number of ether oxygens (including phenoxy) is 1. The number of hydrogen-bond acceptors (Lipinski definition) is 3. The zero-order valence-electron chi connectivity index (χ0n) is 14.2. The molecule has 1 aliphatic heterocycles. The zero-order chi connectivity index (χ0) is 19.4. The van der Waals surface area contributed by atoms with Gasteiger partial charge in [0.25, 0.3) is 0 Å². The Morgan fingerprint density at radius 3 is 2.19 bits per heavy atom. The Labute approximate surface area is 159 Å². The molecule has 1 fully saturated rings. The van der Waals surface area contributed by atoms with Crippen LogP contribution < -0.4 is 15.0 Å². The summed E-state index contributed by atoms with van der Waals surface area (Å²) in [6.45, 7) is 2.44. The number of benzene rings is 2. The molecule has 4 nitrogen and oxygen atoms in total. The summed E-state index contributed by atoms with van der Waals surface area (Å²) in [6, 6.07) is 12.0. The average molecular weight is 399 g/mol. The first kappa shape index (κ1) is 19.2. The monoisotopic (exact) mass is 399 g/mol. The Kier molecular flexibility index (Phi) is 5.69. The third-order valence-corrected chi connectivity index (χ3v) is 4.46. The van der Waals surface area contributed by atoms with E-state index in [0.29, 0.717) is 42.7 Å². The highest BCUT2D eigenvalue weighted by Gasteiger charge is 2.31. The van der Waals surface area contributed by atoms with E-state index in [1.165, 1.54) is 30.3 Å². The number of halogens is 4. The van der Waals surface area contributed by atoms with Gasteiger partial charge in [0, 0.05) is 31.9 Å². The van der Waals surface area contributed by atoms with Crippen LogP contribution in [-0.2, 0) is 0 Å². The van der Waals surface area contributed by atoms with Crippen molar-refractivity contribution in [2.45, 2.75) is 6.36 Å². The minimum Gasteiger partial charge on any atom is -0.406 e. The second kappa shape index (κ2) is 7.99. The van der Waals surface area contributed by atoms with E-state index in [0.717, 1.165) is 0 Å². The molecule has 2 aromatic carbocycles. The van der Waals surface area contributed by atoms with E-state index in [1.807, 2.05) is 9.80 Å². The Bertz CT molecular complexity index is 790. The summed E-state index contributed by atoms with van der Waals surface area (Å²) < 4.78 is 54.3. The van der Waals surface area contributed by atoms with Gasteiger partial charge in [-0.15, -0.1) is 13.2 Å². The normalized spacial score (nSPS) is 14.8. The average Bonchev–Trinajstić information content (AvgIpc) is 2.63. The van der Waals surface area contributed by atoms with Crippen LogP contribution in [0.5, 0.6) is 5.75 Å². The summed E-state index contributed by atoms with van der Waals surface area (Å²) >= 11 is 5.37. The lowest BCUT2D eigenvalue weighted by molar-refractivity contribution is -0.274. The molecule has 0 radical (unpaired) electrons. The van der Waals surface area contributed by atoms with E-state index in [1.54, 1.807) is 18.2 Å². The van der Waals surface area contributed by atoms with Crippen molar-refractivity contribution in [1.29, 1.82) is 0 Å². The lowest BCUT2D eigenvalue weighted by atomic mass is 10.2. The fourth-order valence-electron chi connectivity index (χ4n) is 2.80. The number of piperazine rings is 1. The number of nitrogens with one attached hydrogen (secondary N) is 1. The maximum atomic E-state index is 13.9. The molecular weight excluding hydrogens is 382 g/mol. The molecule has 1 heterocycles. The van der Waals surface area contributed by atoms with Crippen LogP contribution >= 0.6 is 12.2 Å². The predicted octanol–water partition coefficient (Wildman–Crippen LogP) is 4.24. The topological polar surface area (TPSA) is 27.7 Å². The quantitative estimate of drug-likeness (QED) is 0.616. The molecule has 0 saturated carbocycles. The molecule has 1 saturated heterocycles. The lowest BCUT2D eigenvalue weighted by Gasteiger charge is -2.37. The molecule has 2 aromatic rings. The van der Waals surface area contributed by atoms with Crippen molar-refractivity contribution in [3.8, 4) is 5.75 Å². The summed E-state index contributed by atoms with van der Waals surface area (Å²) in [7, 11) is 0. The molecule has 0 aromatic heterocycles. The zero-order valence-corrected chi connectivity index (χ0v) is 15.0. The molecule has 3 rings (SSSR count). The van der Waals surface area contributed by atoms with E-state index >= 15 is 0 Å². The van der Waals surface area contributed by atoms with Gasteiger partial charge in [0.1, 0.15) is 11.6 Å². The van der Waals surface area contributed by atoms with Crippen molar-refractivity contribution >= 4 is 28.7 Å². The summed E-state index contributed by atoms with van der Waals surface area (Å²) in [5.74, 6) is -0.551. The Morgan fingerprint density at radius 1 is 0.963 bits per heavy atom. The van der Waals surface area contributed by atoms with Gasteiger partial charge in [-0.1, -0.05) is 12.1 Å². The van der Waals surface area contributed by atoms with Crippen LogP contribution in [0.2, 0.25) is 0 Å². The Balaban J connectivity index is 1.53. The largest absolute Gasteiger partial charge is 0.573 e. The molecule has 1 aliphatic rings. The number of hydrogen-bond donors (Lipinski definition) is 1. The first-order chi connectivity index (χ1) is 12.8. The van der Waals surface area contributed by atoms with Gasteiger partial charge in [-0.25, -0.2) is 4.39 Å². The molecule has 0 atom stereocenters. The minimum atomic E-state index is -4.72. The van der Waals surface area contributed by atoms with Crippen molar-refractivity contribution in [3.63, 3.8) is 0 Å². The number of alkyl halides is 3. The fourth-order valence-corrected chi connectivity index (χ4v) is 3.10. The molecule has 27 heavy (non-hydrogen) atoms. The maximum absolute atomic E-state index is 13.9. The highest BCUT2D eigenvalue weighted by molar-refractivity contribution is 7.80. The highest BCUT2D eigenvalue weighted by Crippen LogP contribution is 2.24. The van der Waals surface area contributed by atoms with Crippen LogP contribution in [0.3, 0.4) is 0 Å².